The summed E-state index contributed by atoms with van der Waals surface area (Å²) in [6.07, 6.45) is 0. The number of sulfonamides is 1. The highest BCUT2D eigenvalue weighted by molar-refractivity contribution is 7.89. The third kappa shape index (κ3) is 3.76. The Balaban J connectivity index is 2.48. The van der Waals surface area contributed by atoms with Crippen molar-refractivity contribution in [3.63, 3.8) is 0 Å². The van der Waals surface area contributed by atoms with Crippen LogP contribution in [0.15, 0.2) is 35.9 Å². The van der Waals surface area contributed by atoms with Gasteiger partial charge in [-0.1, -0.05) is 12.1 Å². The second-order valence-corrected chi connectivity index (χ2v) is 7.46. The standard InChI is InChI=1S/C16H19NO7S/c1-5-25(20,21)17-15-13(23-10(2)18)14(19)16(3,24-15)11-7-6-8-12(9-11)22-4/h6-9,17H,5H2,1-4H3. The van der Waals surface area contributed by atoms with E-state index in [1.54, 1.807) is 24.3 Å². The molecule has 2 rings (SSSR count). The normalized spacial score (nSPS) is 20.2. The largest absolute Gasteiger partial charge is 0.497 e. The Kier molecular flexibility index (Phi) is 5.07. The lowest BCUT2D eigenvalue weighted by atomic mass is 9.91. The fraction of sp³-hybridized carbons (Fsp3) is 0.375. The Morgan fingerprint density at radius 3 is 2.60 bits per heavy atom. The summed E-state index contributed by atoms with van der Waals surface area (Å²) in [6, 6.07) is 6.56. The van der Waals surface area contributed by atoms with Crippen molar-refractivity contribution in [3.05, 3.63) is 41.5 Å². The lowest BCUT2D eigenvalue weighted by Gasteiger charge is -2.24. The molecule has 1 N–H and O–H groups in total. The number of carbonyl (C=O) groups excluding carboxylic acids is 2. The zero-order valence-corrected chi connectivity index (χ0v) is 15.1. The maximum Gasteiger partial charge on any atom is 0.308 e. The van der Waals surface area contributed by atoms with Crippen LogP contribution in [0.1, 0.15) is 26.3 Å². The molecule has 0 aromatic heterocycles. The van der Waals surface area contributed by atoms with Crippen LogP contribution in [0, 0.1) is 0 Å². The van der Waals surface area contributed by atoms with Crippen LogP contribution >= 0.6 is 0 Å². The van der Waals surface area contributed by atoms with Gasteiger partial charge >= 0.3 is 5.97 Å². The molecule has 9 heteroatoms. The molecule has 1 atom stereocenters. The van der Waals surface area contributed by atoms with Crippen molar-refractivity contribution in [1.82, 2.24) is 4.72 Å². The van der Waals surface area contributed by atoms with E-state index < -0.39 is 39.0 Å². The molecule has 0 bridgehead atoms. The molecule has 0 spiro atoms. The van der Waals surface area contributed by atoms with Gasteiger partial charge in [0.05, 0.1) is 12.9 Å². The van der Waals surface area contributed by atoms with Crippen molar-refractivity contribution in [2.75, 3.05) is 12.9 Å². The Labute approximate surface area is 145 Å². The minimum atomic E-state index is -3.74. The minimum Gasteiger partial charge on any atom is -0.497 e. The van der Waals surface area contributed by atoms with Crippen molar-refractivity contribution in [2.45, 2.75) is 26.4 Å². The van der Waals surface area contributed by atoms with Crippen LogP contribution in [-0.4, -0.2) is 33.0 Å². The summed E-state index contributed by atoms with van der Waals surface area (Å²) in [6.45, 7) is 3.99. The monoisotopic (exact) mass is 369 g/mol. The molecule has 25 heavy (non-hydrogen) atoms. The molecule has 0 saturated heterocycles. The Hall–Kier alpha value is -2.55. The van der Waals surface area contributed by atoms with E-state index in [9.17, 15) is 18.0 Å². The zero-order chi connectivity index (χ0) is 18.8. The maximum absolute atomic E-state index is 12.8. The first-order valence-electron chi connectivity index (χ1n) is 7.44. The van der Waals surface area contributed by atoms with E-state index in [0.29, 0.717) is 11.3 Å². The number of ketones is 1. The van der Waals surface area contributed by atoms with Gasteiger partial charge in [-0.05, 0) is 26.0 Å². The third-order valence-corrected chi connectivity index (χ3v) is 4.90. The van der Waals surface area contributed by atoms with Gasteiger partial charge < -0.3 is 14.2 Å². The van der Waals surface area contributed by atoms with Gasteiger partial charge in [0.25, 0.3) is 5.78 Å². The van der Waals surface area contributed by atoms with Gasteiger partial charge in [0.2, 0.25) is 21.7 Å². The molecule has 0 amide bonds. The van der Waals surface area contributed by atoms with E-state index in [-0.39, 0.29) is 5.75 Å². The van der Waals surface area contributed by atoms with Crippen molar-refractivity contribution in [1.29, 1.82) is 0 Å². The molecule has 0 saturated carbocycles. The molecular weight excluding hydrogens is 350 g/mol. The molecule has 1 aliphatic heterocycles. The summed E-state index contributed by atoms with van der Waals surface area (Å²) < 4.78 is 41.5. The van der Waals surface area contributed by atoms with E-state index in [2.05, 4.69) is 4.72 Å². The molecule has 0 aliphatic carbocycles. The summed E-state index contributed by atoms with van der Waals surface area (Å²) in [7, 11) is -2.27. The molecule has 1 aromatic carbocycles. The van der Waals surface area contributed by atoms with Crippen LogP contribution in [0.3, 0.4) is 0 Å². The first kappa shape index (κ1) is 18.8. The summed E-state index contributed by atoms with van der Waals surface area (Å²) in [5.74, 6) is -2.08. The number of rotatable bonds is 6. The van der Waals surface area contributed by atoms with Gasteiger partial charge in [0.15, 0.2) is 5.60 Å². The molecule has 1 aromatic rings. The van der Waals surface area contributed by atoms with Crippen LogP contribution in [0.5, 0.6) is 5.75 Å². The average Bonchev–Trinajstić information content (AvgIpc) is 2.79. The van der Waals surface area contributed by atoms with E-state index in [0.717, 1.165) is 6.92 Å². The quantitative estimate of drug-likeness (QED) is 0.750. The van der Waals surface area contributed by atoms with Crippen LogP contribution in [0.25, 0.3) is 0 Å². The van der Waals surface area contributed by atoms with Crippen molar-refractivity contribution < 1.29 is 32.2 Å². The van der Waals surface area contributed by atoms with Crippen LogP contribution in [-0.2, 0) is 34.7 Å². The number of Topliss-reactive ketones (excluding diaryl/α,β-unsaturated/α-hetero) is 1. The summed E-state index contributed by atoms with van der Waals surface area (Å²) >= 11 is 0. The van der Waals surface area contributed by atoms with Crippen LogP contribution in [0.2, 0.25) is 0 Å². The van der Waals surface area contributed by atoms with E-state index in [1.807, 2.05) is 0 Å². The molecular formula is C16H19NO7S. The van der Waals surface area contributed by atoms with Crippen LogP contribution in [0.4, 0.5) is 0 Å². The number of methoxy groups -OCH3 is 1. The molecule has 1 aliphatic rings. The number of ether oxygens (including phenoxy) is 3. The average molecular weight is 369 g/mol. The number of hydrogen-bond acceptors (Lipinski definition) is 7. The van der Waals surface area contributed by atoms with Crippen molar-refractivity contribution in [3.8, 4) is 5.75 Å². The fourth-order valence-corrected chi connectivity index (χ4v) is 2.80. The molecule has 136 valence electrons. The Bertz CT molecular complexity index is 844. The lowest BCUT2D eigenvalue weighted by Crippen LogP contribution is -2.32. The minimum absolute atomic E-state index is 0.239. The highest BCUT2D eigenvalue weighted by Crippen LogP contribution is 2.39. The second-order valence-electron chi connectivity index (χ2n) is 5.45. The number of esters is 1. The molecule has 0 fully saturated rings. The van der Waals surface area contributed by atoms with Crippen LogP contribution < -0.4 is 9.46 Å². The topological polar surface area (TPSA) is 108 Å². The molecule has 0 radical (unpaired) electrons. The number of carbonyl (C=O) groups is 2. The third-order valence-electron chi connectivity index (χ3n) is 3.65. The highest BCUT2D eigenvalue weighted by Gasteiger charge is 2.50. The SMILES string of the molecule is CCS(=O)(=O)NC1=C(OC(C)=O)C(=O)C(C)(c2cccc(OC)c2)O1. The van der Waals surface area contributed by atoms with Gasteiger partial charge in [-0.25, -0.2) is 8.42 Å². The second kappa shape index (κ2) is 6.75. The van der Waals surface area contributed by atoms with E-state index >= 15 is 0 Å². The van der Waals surface area contributed by atoms with Gasteiger partial charge in [-0.15, -0.1) is 0 Å². The summed E-state index contributed by atoms with van der Waals surface area (Å²) in [4.78, 5) is 24.1. The number of benzene rings is 1. The molecule has 1 heterocycles. The summed E-state index contributed by atoms with van der Waals surface area (Å²) in [5, 5.41) is 0. The van der Waals surface area contributed by atoms with Gasteiger partial charge in [-0.3, -0.25) is 14.3 Å². The zero-order valence-electron chi connectivity index (χ0n) is 14.3. The van der Waals surface area contributed by atoms with E-state index in [4.69, 9.17) is 14.2 Å². The Morgan fingerprint density at radius 1 is 1.36 bits per heavy atom. The van der Waals surface area contributed by atoms with E-state index in [1.165, 1.54) is 21.0 Å². The fourth-order valence-electron chi connectivity index (χ4n) is 2.24. The first-order chi connectivity index (χ1) is 11.6. The molecule has 8 nitrogen and oxygen atoms in total. The number of nitrogens with one attached hydrogen (secondary N) is 1. The highest BCUT2D eigenvalue weighted by atomic mass is 32.2. The molecule has 1 unspecified atom stereocenters. The number of hydrogen-bond donors (Lipinski definition) is 1. The van der Waals surface area contributed by atoms with Crippen molar-refractivity contribution in [2.24, 2.45) is 0 Å². The van der Waals surface area contributed by atoms with Gasteiger partial charge in [0, 0.05) is 12.5 Å². The first-order valence-corrected chi connectivity index (χ1v) is 9.09. The maximum atomic E-state index is 12.8. The summed E-state index contributed by atoms with van der Waals surface area (Å²) in [5.41, 5.74) is -1.14. The smallest absolute Gasteiger partial charge is 0.308 e. The predicted molar refractivity (Wildman–Crippen MR) is 87.8 cm³/mol. The van der Waals surface area contributed by atoms with Gasteiger partial charge in [-0.2, -0.15) is 0 Å². The predicted octanol–water partition coefficient (Wildman–Crippen LogP) is 1.18. The lowest BCUT2D eigenvalue weighted by molar-refractivity contribution is -0.142. The van der Waals surface area contributed by atoms with Crippen molar-refractivity contribution >= 4 is 21.8 Å². The Morgan fingerprint density at radius 2 is 2.04 bits per heavy atom. The van der Waals surface area contributed by atoms with Gasteiger partial charge in [0.1, 0.15) is 5.75 Å².